The minimum Gasteiger partial charge on any atom is -0.456 e. The Morgan fingerprint density at radius 3 is 1.05 bits per heavy atom. The Labute approximate surface area is 336 Å². The number of anilines is 6. The molecule has 2 heterocycles. The van der Waals surface area contributed by atoms with Crippen molar-refractivity contribution in [3.05, 3.63) is 206 Å². The summed E-state index contributed by atoms with van der Waals surface area (Å²) in [6, 6.07) is 73.0. The van der Waals surface area contributed by atoms with Crippen molar-refractivity contribution in [3.63, 3.8) is 0 Å². The molecule has 58 heavy (non-hydrogen) atoms. The third-order valence-corrected chi connectivity index (χ3v) is 11.6. The van der Waals surface area contributed by atoms with E-state index in [9.17, 15) is 0 Å². The van der Waals surface area contributed by atoms with Crippen LogP contribution in [0, 0.1) is 0 Å². The molecule has 0 N–H and O–H groups in total. The van der Waals surface area contributed by atoms with Gasteiger partial charge in [-0.15, -0.1) is 0 Å². The Morgan fingerprint density at radius 2 is 0.603 bits per heavy atom. The fourth-order valence-electron chi connectivity index (χ4n) is 8.88. The first-order valence-electron chi connectivity index (χ1n) is 19.7. The number of rotatable bonds is 6. The van der Waals surface area contributed by atoms with Gasteiger partial charge in [-0.1, -0.05) is 109 Å². The van der Waals surface area contributed by atoms with Gasteiger partial charge in [0.25, 0.3) is 0 Å². The number of para-hydroxylation sites is 2. The number of hydrogen-bond donors (Lipinski definition) is 0. The highest BCUT2D eigenvalue weighted by molar-refractivity contribution is 6.14. The van der Waals surface area contributed by atoms with Crippen LogP contribution in [0.2, 0.25) is 0 Å². The van der Waals surface area contributed by atoms with E-state index in [2.05, 4.69) is 216 Å². The molecule has 0 amide bonds. The maximum Gasteiger partial charge on any atom is 0.137 e. The molecule has 2 aliphatic rings. The lowest BCUT2D eigenvalue weighted by molar-refractivity contribution is 0.475. The fourth-order valence-corrected chi connectivity index (χ4v) is 8.88. The molecule has 0 aliphatic carbocycles. The Morgan fingerprint density at radius 1 is 0.241 bits per heavy atom. The van der Waals surface area contributed by atoms with Gasteiger partial charge in [0.05, 0.1) is 0 Å². The van der Waals surface area contributed by atoms with Crippen molar-refractivity contribution in [3.8, 4) is 45.3 Å². The highest BCUT2D eigenvalue weighted by Gasteiger charge is 2.29. The molecule has 0 fully saturated rings. The maximum atomic E-state index is 6.84. The van der Waals surface area contributed by atoms with E-state index < -0.39 is 0 Å². The van der Waals surface area contributed by atoms with Crippen LogP contribution in [-0.4, -0.2) is 0 Å². The van der Waals surface area contributed by atoms with E-state index in [0.717, 1.165) is 90.1 Å². The van der Waals surface area contributed by atoms with Gasteiger partial charge in [0, 0.05) is 68.2 Å². The molecule has 10 aromatic carbocycles. The molecule has 272 valence electrons. The Kier molecular flexibility index (Phi) is 7.20. The zero-order valence-electron chi connectivity index (χ0n) is 31.3. The minimum atomic E-state index is 0.825. The summed E-state index contributed by atoms with van der Waals surface area (Å²) in [4.78, 5) is 4.59. The lowest BCUT2D eigenvalue weighted by atomic mass is 9.88. The van der Waals surface area contributed by atoms with Crippen molar-refractivity contribution < 1.29 is 9.47 Å². The molecular formula is C54H34N2O2. The summed E-state index contributed by atoms with van der Waals surface area (Å²) in [6.45, 7) is 0. The largest absolute Gasteiger partial charge is 0.456 e. The van der Waals surface area contributed by atoms with E-state index >= 15 is 0 Å². The number of ether oxygens (including phenoxy) is 2. The summed E-state index contributed by atoms with van der Waals surface area (Å²) in [6.07, 6.45) is 0. The Balaban J connectivity index is 0.949. The average molecular weight is 743 g/mol. The quantitative estimate of drug-likeness (QED) is 0.169. The summed E-state index contributed by atoms with van der Waals surface area (Å²) in [5.41, 5.74) is 10.8. The first kappa shape index (κ1) is 32.4. The van der Waals surface area contributed by atoms with Crippen molar-refractivity contribution in [2.45, 2.75) is 0 Å². The molecule has 10 aromatic rings. The summed E-state index contributed by atoms with van der Waals surface area (Å²) in [5, 5.41) is 6.96. The second-order valence-electron chi connectivity index (χ2n) is 14.9. The molecule has 0 saturated heterocycles. The van der Waals surface area contributed by atoms with Crippen LogP contribution in [0.4, 0.5) is 34.1 Å². The van der Waals surface area contributed by atoms with Gasteiger partial charge in [-0.2, -0.15) is 0 Å². The van der Waals surface area contributed by atoms with Crippen molar-refractivity contribution in [1.29, 1.82) is 0 Å². The molecule has 0 atom stereocenters. The molecule has 0 unspecified atom stereocenters. The lowest BCUT2D eigenvalue weighted by Crippen LogP contribution is -2.11. The third-order valence-electron chi connectivity index (χ3n) is 11.6. The van der Waals surface area contributed by atoms with Crippen molar-refractivity contribution in [2.75, 3.05) is 9.80 Å². The predicted molar refractivity (Wildman–Crippen MR) is 239 cm³/mol. The number of fused-ring (bicyclic) bond motifs is 6. The molecule has 0 saturated carbocycles. The van der Waals surface area contributed by atoms with Gasteiger partial charge in [0.15, 0.2) is 0 Å². The van der Waals surface area contributed by atoms with Crippen LogP contribution >= 0.6 is 0 Å². The summed E-state index contributed by atoms with van der Waals surface area (Å²) >= 11 is 0. The highest BCUT2D eigenvalue weighted by atomic mass is 16.5. The number of nitrogens with zero attached hydrogens (tertiary/aromatic N) is 2. The van der Waals surface area contributed by atoms with Gasteiger partial charge in [0.1, 0.15) is 23.0 Å². The second kappa shape index (κ2) is 12.9. The third kappa shape index (κ3) is 5.16. The van der Waals surface area contributed by atoms with Crippen molar-refractivity contribution in [1.82, 2.24) is 0 Å². The maximum absolute atomic E-state index is 6.84. The summed E-state index contributed by atoms with van der Waals surface area (Å²) in [5.74, 6) is 3.30. The van der Waals surface area contributed by atoms with Crippen molar-refractivity contribution in [2.24, 2.45) is 0 Å². The van der Waals surface area contributed by atoms with E-state index in [1.807, 2.05) is 0 Å². The molecule has 4 heteroatoms. The van der Waals surface area contributed by atoms with Crippen LogP contribution in [0.3, 0.4) is 0 Å². The van der Waals surface area contributed by atoms with Gasteiger partial charge in [0.2, 0.25) is 0 Å². The van der Waals surface area contributed by atoms with Gasteiger partial charge in [-0.05, 0) is 118 Å². The molecule has 0 bridgehead atoms. The molecule has 12 rings (SSSR count). The zero-order chi connectivity index (χ0) is 38.2. The Hall–Kier alpha value is -7.82. The first-order valence-corrected chi connectivity index (χ1v) is 19.7. The van der Waals surface area contributed by atoms with Gasteiger partial charge in [-0.3, -0.25) is 0 Å². The van der Waals surface area contributed by atoms with Crippen LogP contribution in [0.5, 0.6) is 23.0 Å². The lowest BCUT2D eigenvalue weighted by Gasteiger charge is -2.30. The van der Waals surface area contributed by atoms with Crippen LogP contribution in [0.15, 0.2) is 206 Å². The second-order valence-corrected chi connectivity index (χ2v) is 14.9. The van der Waals surface area contributed by atoms with Crippen LogP contribution < -0.4 is 19.3 Å². The van der Waals surface area contributed by atoms with E-state index in [-0.39, 0.29) is 0 Å². The molecule has 4 nitrogen and oxygen atoms in total. The summed E-state index contributed by atoms with van der Waals surface area (Å²) in [7, 11) is 0. The monoisotopic (exact) mass is 742 g/mol. The van der Waals surface area contributed by atoms with Gasteiger partial charge in [-0.25, -0.2) is 0 Å². The zero-order valence-corrected chi connectivity index (χ0v) is 31.3. The number of hydrogen-bond acceptors (Lipinski definition) is 4. The Bertz CT molecular complexity index is 3030. The predicted octanol–water partition coefficient (Wildman–Crippen LogP) is 15.6. The molecule has 0 aromatic heterocycles. The summed E-state index contributed by atoms with van der Waals surface area (Å²) < 4.78 is 13.7. The van der Waals surface area contributed by atoms with E-state index in [0.29, 0.717) is 0 Å². The highest BCUT2D eigenvalue weighted by Crippen LogP contribution is 2.56. The standard InChI is InChI=1S/C54H34N2O2/c1-3-15-39(16-4-1)55(41-21-19-35-11-7-9-13-37(35)31-41)43-23-25-45-47-27-28-48-46-26-24-44(34-52(46)58-50-30-29-49(53(47)54(48)50)57-51(45)33-43)56(40-17-5-2-6-18-40)42-22-20-36-12-8-10-14-38(36)32-42/h1-34H. The average Bonchev–Trinajstić information content (AvgIpc) is 3.28. The molecule has 0 radical (unpaired) electrons. The van der Waals surface area contributed by atoms with E-state index in [1.54, 1.807) is 0 Å². The van der Waals surface area contributed by atoms with Gasteiger partial charge < -0.3 is 19.3 Å². The first-order chi connectivity index (χ1) is 28.7. The smallest absolute Gasteiger partial charge is 0.137 e. The van der Waals surface area contributed by atoms with E-state index in [1.165, 1.54) is 21.5 Å². The molecule has 0 spiro atoms. The minimum absolute atomic E-state index is 0.825. The number of benzene rings is 10. The fraction of sp³-hybridized carbons (Fsp3) is 0. The topological polar surface area (TPSA) is 24.9 Å². The van der Waals surface area contributed by atoms with E-state index in [4.69, 9.17) is 9.47 Å². The van der Waals surface area contributed by atoms with Crippen molar-refractivity contribution >= 4 is 66.4 Å². The molecule has 2 aliphatic heterocycles. The van der Waals surface area contributed by atoms with Gasteiger partial charge >= 0.3 is 0 Å². The molecular weight excluding hydrogens is 709 g/mol. The van der Waals surface area contributed by atoms with Crippen LogP contribution in [0.1, 0.15) is 0 Å². The van der Waals surface area contributed by atoms with Crippen LogP contribution in [-0.2, 0) is 0 Å². The normalized spacial score (nSPS) is 12.1. The van der Waals surface area contributed by atoms with Crippen LogP contribution in [0.25, 0.3) is 54.6 Å². The SMILES string of the molecule is c1ccc(N(c2ccc3c(c2)Oc2ccc4c5c(ccc-3c25)-c2ccc(N(c3ccccc3)c3ccc5ccccc5c3)cc2O4)c2ccc3ccccc3c2)cc1.